The molecule has 0 bridgehead atoms. The molecule has 0 atom stereocenters. The quantitative estimate of drug-likeness (QED) is 0.450. The zero-order valence-corrected chi connectivity index (χ0v) is 20.1. The van der Waals surface area contributed by atoms with Gasteiger partial charge in [-0.25, -0.2) is 9.48 Å². The Bertz CT molecular complexity index is 1090. The van der Waals surface area contributed by atoms with Crippen molar-refractivity contribution >= 4 is 17.3 Å². The van der Waals surface area contributed by atoms with E-state index in [1.807, 2.05) is 48.5 Å². The van der Waals surface area contributed by atoms with Crippen LogP contribution in [0.2, 0.25) is 5.02 Å². The number of hydrogen-bond donors (Lipinski definition) is 1. The van der Waals surface area contributed by atoms with Crippen LogP contribution in [0.3, 0.4) is 0 Å². The molecule has 2 heterocycles. The van der Waals surface area contributed by atoms with E-state index in [4.69, 9.17) is 16.3 Å². The van der Waals surface area contributed by atoms with Crippen LogP contribution in [0, 0.1) is 0 Å². The summed E-state index contributed by atoms with van der Waals surface area (Å²) in [7, 11) is 0. The Balaban J connectivity index is 1.26. The highest BCUT2D eigenvalue weighted by atomic mass is 35.5. The molecule has 1 saturated heterocycles. The van der Waals surface area contributed by atoms with Crippen LogP contribution < -0.4 is 15.3 Å². The Hall–Kier alpha value is -2.81. The Morgan fingerprint density at radius 3 is 2.50 bits per heavy atom. The third-order valence-electron chi connectivity index (χ3n) is 6.05. The molecule has 8 nitrogen and oxygen atoms in total. The summed E-state index contributed by atoms with van der Waals surface area (Å²) in [6, 6.07) is 17.5. The standard InChI is InChI=1S/C25H32ClN5O3/c26-21-6-4-7-22(20-21)29-15-13-28(14-16-29)11-5-12-31-25(33)30(24(27-31)10-18-32)17-19-34-23-8-2-1-3-9-23/h1-4,6-9,20,32H,5,10-19H2. The van der Waals surface area contributed by atoms with Crippen LogP contribution in [0.25, 0.3) is 0 Å². The molecule has 9 heteroatoms. The average Bonchev–Trinajstić information content (AvgIpc) is 3.15. The predicted octanol–water partition coefficient (Wildman–Crippen LogP) is 2.52. The number of benzene rings is 2. The van der Waals surface area contributed by atoms with Crippen molar-refractivity contribution in [2.24, 2.45) is 0 Å². The van der Waals surface area contributed by atoms with Gasteiger partial charge in [-0.05, 0) is 36.8 Å². The van der Waals surface area contributed by atoms with Gasteiger partial charge in [0.15, 0.2) is 0 Å². The van der Waals surface area contributed by atoms with E-state index < -0.39 is 0 Å². The molecule has 34 heavy (non-hydrogen) atoms. The van der Waals surface area contributed by atoms with Gasteiger partial charge in [0.2, 0.25) is 0 Å². The molecule has 0 amide bonds. The van der Waals surface area contributed by atoms with Crippen molar-refractivity contribution in [3.8, 4) is 5.75 Å². The molecule has 182 valence electrons. The summed E-state index contributed by atoms with van der Waals surface area (Å²) >= 11 is 6.13. The third-order valence-corrected chi connectivity index (χ3v) is 6.29. The van der Waals surface area contributed by atoms with Gasteiger partial charge >= 0.3 is 5.69 Å². The van der Waals surface area contributed by atoms with E-state index in [1.165, 1.54) is 4.68 Å². The number of aromatic nitrogens is 3. The minimum Gasteiger partial charge on any atom is -0.492 e. The van der Waals surface area contributed by atoms with Crippen LogP contribution in [0.5, 0.6) is 5.75 Å². The number of hydrogen-bond acceptors (Lipinski definition) is 6. The van der Waals surface area contributed by atoms with Crippen molar-refractivity contribution < 1.29 is 9.84 Å². The Kier molecular flexibility index (Phi) is 8.62. The molecule has 0 saturated carbocycles. The zero-order valence-electron chi connectivity index (χ0n) is 19.4. The summed E-state index contributed by atoms with van der Waals surface area (Å²) < 4.78 is 8.88. The lowest BCUT2D eigenvalue weighted by atomic mass is 10.2. The minimum absolute atomic E-state index is 0.0487. The maximum Gasteiger partial charge on any atom is 0.346 e. The number of para-hydroxylation sites is 1. The van der Waals surface area contributed by atoms with E-state index in [0.29, 0.717) is 31.9 Å². The molecule has 4 rings (SSSR count). The monoisotopic (exact) mass is 485 g/mol. The van der Waals surface area contributed by atoms with Gasteiger partial charge in [0, 0.05) is 56.4 Å². The first-order valence-electron chi connectivity index (χ1n) is 11.8. The number of aliphatic hydroxyl groups is 1. The van der Waals surface area contributed by atoms with Crippen LogP contribution in [-0.4, -0.2) is 70.3 Å². The van der Waals surface area contributed by atoms with Crippen LogP contribution >= 0.6 is 11.6 Å². The maximum absolute atomic E-state index is 12.9. The number of rotatable bonds is 11. The lowest BCUT2D eigenvalue weighted by Crippen LogP contribution is -2.46. The van der Waals surface area contributed by atoms with Crippen LogP contribution in [-0.2, 0) is 19.5 Å². The van der Waals surface area contributed by atoms with Gasteiger partial charge in [-0.15, -0.1) is 0 Å². The van der Waals surface area contributed by atoms with E-state index >= 15 is 0 Å². The average molecular weight is 486 g/mol. The second-order valence-corrected chi connectivity index (χ2v) is 8.81. The number of nitrogens with zero attached hydrogens (tertiary/aromatic N) is 5. The third kappa shape index (κ3) is 6.40. The molecule has 1 aliphatic rings. The summed E-state index contributed by atoms with van der Waals surface area (Å²) in [5, 5.41) is 14.6. The zero-order chi connectivity index (χ0) is 23.8. The molecular formula is C25H32ClN5O3. The summed E-state index contributed by atoms with van der Waals surface area (Å²) in [6.07, 6.45) is 1.19. The second-order valence-electron chi connectivity index (χ2n) is 8.37. The number of aryl methyl sites for hydroxylation is 1. The number of halogens is 1. The largest absolute Gasteiger partial charge is 0.492 e. The molecule has 1 aromatic heterocycles. The highest BCUT2D eigenvalue weighted by Gasteiger charge is 2.18. The highest BCUT2D eigenvalue weighted by molar-refractivity contribution is 6.30. The fourth-order valence-corrected chi connectivity index (χ4v) is 4.44. The van der Waals surface area contributed by atoms with Crippen molar-refractivity contribution in [2.75, 3.05) is 50.8 Å². The summed E-state index contributed by atoms with van der Waals surface area (Å²) in [5.74, 6) is 1.36. The molecule has 1 fully saturated rings. The van der Waals surface area contributed by atoms with E-state index in [2.05, 4.69) is 21.0 Å². The molecule has 2 aromatic carbocycles. The topological polar surface area (TPSA) is 75.8 Å². The first-order valence-corrected chi connectivity index (χ1v) is 12.2. The fourth-order valence-electron chi connectivity index (χ4n) is 4.26. The van der Waals surface area contributed by atoms with Gasteiger partial charge in [-0.3, -0.25) is 9.47 Å². The van der Waals surface area contributed by atoms with Gasteiger partial charge in [-0.1, -0.05) is 35.9 Å². The molecule has 0 aliphatic carbocycles. The van der Waals surface area contributed by atoms with Crippen molar-refractivity contribution in [1.29, 1.82) is 0 Å². The Labute approximate surface area is 204 Å². The van der Waals surface area contributed by atoms with E-state index in [9.17, 15) is 9.90 Å². The van der Waals surface area contributed by atoms with Gasteiger partial charge in [0.25, 0.3) is 0 Å². The van der Waals surface area contributed by atoms with Gasteiger partial charge < -0.3 is 14.7 Å². The lowest BCUT2D eigenvalue weighted by Gasteiger charge is -2.36. The Morgan fingerprint density at radius 2 is 1.76 bits per heavy atom. The summed E-state index contributed by atoms with van der Waals surface area (Å²) in [4.78, 5) is 17.7. The molecule has 0 unspecified atom stereocenters. The van der Waals surface area contributed by atoms with Crippen molar-refractivity contribution in [2.45, 2.75) is 25.9 Å². The lowest BCUT2D eigenvalue weighted by molar-refractivity contribution is 0.248. The number of anilines is 1. The highest BCUT2D eigenvalue weighted by Crippen LogP contribution is 2.20. The second kappa shape index (κ2) is 12.1. The minimum atomic E-state index is -0.147. The van der Waals surface area contributed by atoms with Crippen molar-refractivity contribution in [3.63, 3.8) is 0 Å². The van der Waals surface area contributed by atoms with Crippen molar-refractivity contribution in [1.82, 2.24) is 19.2 Å². The van der Waals surface area contributed by atoms with E-state index in [-0.39, 0.29) is 12.3 Å². The Morgan fingerprint density at radius 1 is 0.971 bits per heavy atom. The molecule has 1 aliphatic heterocycles. The summed E-state index contributed by atoms with van der Waals surface area (Å²) in [6.45, 7) is 6.04. The smallest absolute Gasteiger partial charge is 0.346 e. The fraction of sp³-hybridized carbons (Fsp3) is 0.440. The normalized spacial score (nSPS) is 14.5. The first-order chi connectivity index (χ1) is 16.6. The first kappa shape index (κ1) is 24.3. The maximum atomic E-state index is 12.9. The van der Waals surface area contributed by atoms with Gasteiger partial charge in [-0.2, -0.15) is 5.10 Å². The molecule has 1 N–H and O–H groups in total. The molecule has 3 aromatic rings. The number of aliphatic hydroxyl groups excluding tert-OH is 1. The van der Waals surface area contributed by atoms with Crippen LogP contribution in [0.15, 0.2) is 59.4 Å². The molecule has 0 spiro atoms. The predicted molar refractivity (Wildman–Crippen MR) is 134 cm³/mol. The van der Waals surface area contributed by atoms with Crippen LogP contribution in [0.4, 0.5) is 5.69 Å². The molecule has 0 radical (unpaired) electrons. The van der Waals surface area contributed by atoms with Crippen LogP contribution in [0.1, 0.15) is 12.2 Å². The number of piperazine rings is 1. The van der Waals surface area contributed by atoms with Gasteiger partial charge in [0.1, 0.15) is 18.2 Å². The SMILES string of the molecule is O=c1n(CCCN2CCN(c3cccc(Cl)c3)CC2)nc(CCO)n1CCOc1ccccc1. The van der Waals surface area contributed by atoms with Crippen molar-refractivity contribution in [3.05, 3.63) is 75.9 Å². The van der Waals surface area contributed by atoms with E-state index in [0.717, 1.165) is 55.6 Å². The van der Waals surface area contributed by atoms with E-state index in [1.54, 1.807) is 4.57 Å². The number of ether oxygens (including phenoxy) is 1. The summed E-state index contributed by atoms with van der Waals surface area (Å²) in [5.41, 5.74) is 1.02. The molecular weight excluding hydrogens is 454 g/mol. The van der Waals surface area contributed by atoms with Gasteiger partial charge in [0.05, 0.1) is 13.2 Å².